The minimum absolute atomic E-state index is 0.101. The Bertz CT molecular complexity index is 542. The van der Waals surface area contributed by atoms with E-state index in [1.54, 1.807) is 23.1 Å². The number of amides is 1. The lowest BCUT2D eigenvalue weighted by molar-refractivity contribution is -0.145. The lowest BCUT2D eigenvalue weighted by Gasteiger charge is -2.13. The molecule has 1 aliphatic heterocycles. The summed E-state index contributed by atoms with van der Waals surface area (Å²) >= 11 is 5.88. The van der Waals surface area contributed by atoms with E-state index in [0.29, 0.717) is 24.5 Å². The Morgan fingerprint density at radius 2 is 2.25 bits per heavy atom. The van der Waals surface area contributed by atoms with E-state index < -0.39 is 0 Å². The predicted octanol–water partition coefficient (Wildman–Crippen LogP) is 2.37. The predicted molar refractivity (Wildman–Crippen MR) is 77.2 cm³/mol. The van der Waals surface area contributed by atoms with Gasteiger partial charge in [0, 0.05) is 24.2 Å². The van der Waals surface area contributed by atoms with Gasteiger partial charge < -0.3 is 9.64 Å². The molecule has 1 fully saturated rings. The third-order valence-corrected chi connectivity index (χ3v) is 3.54. The second-order valence-corrected chi connectivity index (χ2v) is 5.12. The van der Waals surface area contributed by atoms with Crippen LogP contribution in [0.15, 0.2) is 30.3 Å². The highest BCUT2D eigenvalue weighted by Crippen LogP contribution is 2.18. The van der Waals surface area contributed by atoms with Crippen molar-refractivity contribution in [3.63, 3.8) is 0 Å². The fourth-order valence-corrected chi connectivity index (χ4v) is 2.40. The van der Waals surface area contributed by atoms with Crippen molar-refractivity contribution in [1.82, 2.24) is 4.90 Å². The number of hydrogen-bond donors (Lipinski definition) is 0. The summed E-state index contributed by atoms with van der Waals surface area (Å²) in [7, 11) is 1.37. The first kappa shape index (κ1) is 14.6. The Labute approximate surface area is 123 Å². The van der Waals surface area contributed by atoms with Gasteiger partial charge in [0.15, 0.2) is 0 Å². The summed E-state index contributed by atoms with van der Waals surface area (Å²) in [5.41, 5.74) is 0.870. The van der Waals surface area contributed by atoms with E-state index in [1.165, 1.54) is 13.2 Å². The number of rotatable bonds is 3. The summed E-state index contributed by atoms with van der Waals surface area (Å²) in [6.07, 6.45) is 3.88. The number of likely N-dealkylation sites (tertiary alicyclic amines) is 1. The van der Waals surface area contributed by atoms with Gasteiger partial charge in [0.2, 0.25) is 5.91 Å². The van der Waals surface area contributed by atoms with E-state index in [0.717, 1.165) is 5.56 Å². The molecule has 0 radical (unpaired) electrons. The molecule has 0 saturated carbocycles. The van der Waals surface area contributed by atoms with Gasteiger partial charge in [-0.3, -0.25) is 9.59 Å². The third-order valence-electron chi connectivity index (χ3n) is 3.30. The highest BCUT2D eigenvalue weighted by Gasteiger charge is 2.30. The Morgan fingerprint density at radius 3 is 2.95 bits per heavy atom. The van der Waals surface area contributed by atoms with E-state index in [9.17, 15) is 9.59 Å². The second kappa shape index (κ2) is 6.57. The molecule has 0 aromatic heterocycles. The van der Waals surface area contributed by atoms with Crippen molar-refractivity contribution in [2.45, 2.75) is 6.42 Å². The fraction of sp³-hybridized carbons (Fsp3) is 0.333. The summed E-state index contributed by atoms with van der Waals surface area (Å²) in [5.74, 6) is -0.556. The van der Waals surface area contributed by atoms with Crippen LogP contribution in [0.3, 0.4) is 0 Å². The molecule has 0 N–H and O–H groups in total. The SMILES string of the molecule is COC(=O)C1CCN(C(=O)/C=C/c2cccc(Cl)c2)C1. The van der Waals surface area contributed by atoms with Crippen LogP contribution in [0.5, 0.6) is 0 Å². The monoisotopic (exact) mass is 293 g/mol. The maximum atomic E-state index is 12.0. The van der Waals surface area contributed by atoms with E-state index >= 15 is 0 Å². The summed E-state index contributed by atoms with van der Waals surface area (Å²) in [6.45, 7) is 1.00. The molecule has 0 aliphatic carbocycles. The first-order chi connectivity index (χ1) is 9.60. The van der Waals surface area contributed by atoms with Crippen molar-refractivity contribution in [2.24, 2.45) is 5.92 Å². The quantitative estimate of drug-likeness (QED) is 0.635. The zero-order chi connectivity index (χ0) is 14.5. The van der Waals surface area contributed by atoms with Gasteiger partial charge >= 0.3 is 5.97 Å². The summed E-state index contributed by atoms with van der Waals surface area (Å²) in [5, 5.41) is 0.631. The molecule has 1 heterocycles. The third kappa shape index (κ3) is 3.61. The van der Waals surface area contributed by atoms with Crippen LogP contribution in [0.4, 0.5) is 0 Å². The second-order valence-electron chi connectivity index (χ2n) is 4.68. The minimum Gasteiger partial charge on any atom is -0.469 e. The Balaban J connectivity index is 1.94. The maximum absolute atomic E-state index is 12.0. The lowest BCUT2D eigenvalue weighted by atomic mass is 10.1. The van der Waals surface area contributed by atoms with Crippen molar-refractivity contribution >= 4 is 29.6 Å². The molecular formula is C15H16ClNO3. The molecule has 4 nitrogen and oxygen atoms in total. The van der Waals surface area contributed by atoms with E-state index in [-0.39, 0.29) is 17.8 Å². The molecule has 1 aromatic carbocycles. The maximum Gasteiger partial charge on any atom is 0.310 e. The van der Waals surface area contributed by atoms with Crippen molar-refractivity contribution < 1.29 is 14.3 Å². The van der Waals surface area contributed by atoms with Gasteiger partial charge in [-0.1, -0.05) is 23.7 Å². The minimum atomic E-state index is -0.251. The lowest BCUT2D eigenvalue weighted by Crippen LogP contribution is -2.28. The van der Waals surface area contributed by atoms with E-state index in [2.05, 4.69) is 0 Å². The number of carbonyl (C=O) groups is 2. The van der Waals surface area contributed by atoms with Crippen molar-refractivity contribution in [3.8, 4) is 0 Å². The molecule has 0 bridgehead atoms. The van der Waals surface area contributed by atoms with Gasteiger partial charge in [-0.2, -0.15) is 0 Å². The van der Waals surface area contributed by atoms with Crippen molar-refractivity contribution in [2.75, 3.05) is 20.2 Å². The van der Waals surface area contributed by atoms with Gasteiger partial charge in [-0.15, -0.1) is 0 Å². The first-order valence-corrected chi connectivity index (χ1v) is 6.78. The molecule has 0 spiro atoms. The normalized spacial score (nSPS) is 18.5. The zero-order valence-electron chi connectivity index (χ0n) is 11.2. The van der Waals surface area contributed by atoms with Crippen LogP contribution in [0.2, 0.25) is 5.02 Å². The van der Waals surface area contributed by atoms with Crippen LogP contribution in [0, 0.1) is 5.92 Å². The molecule has 20 heavy (non-hydrogen) atoms. The average Bonchev–Trinajstić information content (AvgIpc) is 2.94. The molecule has 1 aromatic rings. The zero-order valence-corrected chi connectivity index (χ0v) is 12.0. The summed E-state index contributed by atoms with van der Waals surface area (Å²) in [4.78, 5) is 25.1. The van der Waals surface area contributed by atoms with E-state index in [4.69, 9.17) is 16.3 Å². The molecule has 106 valence electrons. The van der Waals surface area contributed by atoms with Crippen LogP contribution >= 0.6 is 11.6 Å². The largest absolute Gasteiger partial charge is 0.469 e. The first-order valence-electron chi connectivity index (χ1n) is 6.40. The number of benzene rings is 1. The molecule has 1 unspecified atom stereocenters. The number of hydrogen-bond acceptors (Lipinski definition) is 3. The molecule has 1 atom stereocenters. The number of halogens is 1. The van der Waals surface area contributed by atoms with Crippen LogP contribution in [0.1, 0.15) is 12.0 Å². The average molecular weight is 294 g/mol. The summed E-state index contributed by atoms with van der Waals surface area (Å²) in [6, 6.07) is 7.27. The molecular weight excluding hydrogens is 278 g/mol. The summed E-state index contributed by atoms with van der Waals surface area (Å²) < 4.78 is 4.70. The highest BCUT2D eigenvalue weighted by molar-refractivity contribution is 6.30. The van der Waals surface area contributed by atoms with Gasteiger partial charge in [0.1, 0.15) is 0 Å². The molecule has 5 heteroatoms. The Hall–Kier alpha value is -1.81. The van der Waals surface area contributed by atoms with Gasteiger partial charge in [0.25, 0.3) is 0 Å². The fourth-order valence-electron chi connectivity index (χ4n) is 2.20. The number of ether oxygens (including phenoxy) is 1. The molecule has 1 aliphatic rings. The molecule has 2 rings (SSSR count). The molecule has 1 amide bonds. The van der Waals surface area contributed by atoms with Crippen molar-refractivity contribution in [1.29, 1.82) is 0 Å². The smallest absolute Gasteiger partial charge is 0.310 e. The van der Waals surface area contributed by atoms with Crippen LogP contribution < -0.4 is 0 Å². The number of nitrogens with zero attached hydrogens (tertiary/aromatic N) is 1. The molecule has 1 saturated heterocycles. The standard InChI is InChI=1S/C15H16ClNO3/c1-20-15(19)12-7-8-17(10-12)14(18)6-5-11-3-2-4-13(16)9-11/h2-6,9,12H,7-8,10H2,1H3/b6-5+. The van der Waals surface area contributed by atoms with Crippen molar-refractivity contribution in [3.05, 3.63) is 40.9 Å². The van der Waals surface area contributed by atoms with E-state index in [1.807, 2.05) is 12.1 Å². The number of esters is 1. The van der Waals surface area contributed by atoms with Gasteiger partial charge in [-0.25, -0.2) is 0 Å². The number of methoxy groups -OCH3 is 1. The van der Waals surface area contributed by atoms with Crippen LogP contribution in [-0.4, -0.2) is 37.0 Å². The van der Waals surface area contributed by atoms with Gasteiger partial charge in [0.05, 0.1) is 13.0 Å². The van der Waals surface area contributed by atoms with Crippen LogP contribution in [-0.2, 0) is 14.3 Å². The van der Waals surface area contributed by atoms with Gasteiger partial charge in [-0.05, 0) is 30.2 Å². The highest BCUT2D eigenvalue weighted by atomic mass is 35.5. The van der Waals surface area contributed by atoms with Crippen LogP contribution in [0.25, 0.3) is 6.08 Å². The Kier molecular flexibility index (Phi) is 4.79. The Morgan fingerprint density at radius 1 is 1.45 bits per heavy atom. The topological polar surface area (TPSA) is 46.6 Å². The number of carbonyl (C=O) groups excluding carboxylic acids is 2.